The van der Waals surface area contributed by atoms with Gasteiger partial charge in [0, 0.05) is 12.3 Å². The summed E-state index contributed by atoms with van der Waals surface area (Å²) in [5, 5.41) is 11.1. The molecule has 0 saturated heterocycles. The molecule has 0 bridgehead atoms. The van der Waals surface area contributed by atoms with Gasteiger partial charge in [-0.05, 0) is 13.1 Å². The fourth-order valence-electron chi connectivity index (χ4n) is 1.41. The molecule has 0 fully saturated rings. The average molecular weight is 291 g/mol. The zero-order valence-electron chi connectivity index (χ0n) is 10.3. The summed E-state index contributed by atoms with van der Waals surface area (Å²) in [5.41, 5.74) is -0.205. The monoisotopic (exact) mass is 290 g/mol. The maximum Gasteiger partial charge on any atom is 0.338 e. The van der Waals surface area contributed by atoms with Crippen molar-refractivity contribution in [3.05, 3.63) is 21.6 Å². The van der Waals surface area contributed by atoms with Crippen LogP contribution in [0, 0.1) is 10.1 Å². The van der Waals surface area contributed by atoms with Gasteiger partial charge >= 0.3 is 5.69 Å². The second kappa shape index (κ2) is 7.50. The Balaban J connectivity index is 2.67. The Labute approximate surface area is 115 Å². The molecule has 1 aromatic heterocycles. The Morgan fingerprint density at radius 1 is 1.44 bits per heavy atom. The van der Waals surface area contributed by atoms with E-state index in [1.165, 1.54) is 18.1 Å². The third-order valence-corrected chi connectivity index (χ3v) is 3.70. The first-order valence-corrected chi connectivity index (χ1v) is 6.96. The Morgan fingerprint density at radius 2 is 2.11 bits per heavy atom. The molecule has 100 valence electrons. The Bertz CT molecular complexity index is 415. The molecule has 1 aromatic rings. The molecule has 0 aliphatic carbocycles. The lowest BCUT2D eigenvalue weighted by atomic mass is 10.5. The maximum absolute atomic E-state index is 10.9. The van der Waals surface area contributed by atoms with E-state index in [4.69, 9.17) is 11.6 Å². The van der Waals surface area contributed by atoms with Gasteiger partial charge < -0.3 is 4.90 Å². The molecular formula is C10H15ClN4O2S. The smallest absolute Gasteiger partial charge is 0.303 e. The van der Waals surface area contributed by atoms with Crippen LogP contribution in [-0.2, 0) is 0 Å². The highest BCUT2D eigenvalue weighted by Gasteiger charge is 2.21. The van der Waals surface area contributed by atoms with Crippen LogP contribution in [0.4, 0.5) is 5.69 Å². The number of hydrogen-bond acceptors (Lipinski definition) is 6. The topological polar surface area (TPSA) is 72.2 Å². The van der Waals surface area contributed by atoms with Crippen LogP contribution >= 0.6 is 23.4 Å². The number of nitro groups is 1. The van der Waals surface area contributed by atoms with Crippen molar-refractivity contribution in [2.45, 2.75) is 18.9 Å². The van der Waals surface area contributed by atoms with Crippen molar-refractivity contribution in [3.8, 4) is 0 Å². The van der Waals surface area contributed by atoms with Gasteiger partial charge in [0.2, 0.25) is 5.15 Å². The van der Waals surface area contributed by atoms with Crippen LogP contribution in [0.15, 0.2) is 11.4 Å². The fraction of sp³-hybridized carbons (Fsp3) is 0.600. The Hall–Kier alpha value is -0.920. The van der Waals surface area contributed by atoms with Gasteiger partial charge in [0.25, 0.3) is 0 Å². The molecule has 0 spiro atoms. The van der Waals surface area contributed by atoms with E-state index in [-0.39, 0.29) is 10.8 Å². The van der Waals surface area contributed by atoms with Crippen LogP contribution in [0.25, 0.3) is 0 Å². The minimum absolute atomic E-state index is 0.111. The van der Waals surface area contributed by atoms with E-state index < -0.39 is 4.92 Å². The molecule has 0 atom stereocenters. The van der Waals surface area contributed by atoms with Crippen molar-refractivity contribution < 1.29 is 4.92 Å². The highest BCUT2D eigenvalue weighted by molar-refractivity contribution is 7.99. The second-order valence-corrected chi connectivity index (χ2v) is 4.89. The van der Waals surface area contributed by atoms with Crippen molar-refractivity contribution in [1.29, 1.82) is 0 Å². The molecular weight excluding hydrogens is 276 g/mol. The molecule has 18 heavy (non-hydrogen) atoms. The summed E-state index contributed by atoms with van der Waals surface area (Å²) < 4.78 is 0. The number of nitrogens with zero attached hydrogens (tertiary/aromatic N) is 4. The zero-order chi connectivity index (χ0) is 13.5. The van der Waals surface area contributed by atoms with Crippen LogP contribution in [0.3, 0.4) is 0 Å². The van der Waals surface area contributed by atoms with Gasteiger partial charge in [-0.25, -0.2) is 9.97 Å². The number of thioether (sulfide) groups is 1. The normalized spacial score (nSPS) is 10.9. The molecule has 6 nitrogen and oxygen atoms in total. The van der Waals surface area contributed by atoms with Crippen LogP contribution in [-0.4, -0.2) is 45.2 Å². The molecule has 8 heteroatoms. The lowest BCUT2D eigenvalue weighted by Crippen LogP contribution is -2.25. The molecule has 0 aromatic carbocycles. The van der Waals surface area contributed by atoms with Crippen molar-refractivity contribution in [3.63, 3.8) is 0 Å². The van der Waals surface area contributed by atoms with E-state index >= 15 is 0 Å². The molecule has 0 amide bonds. The van der Waals surface area contributed by atoms with Crippen LogP contribution in [0.5, 0.6) is 0 Å². The van der Waals surface area contributed by atoms with Gasteiger partial charge in [-0.1, -0.05) is 37.2 Å². The summed E-state index contributed by atoms with van der Waals surface area (Å²) in [7, 11) is 0. The molecule has 0 aliphatic heterocycles. The van der Waals surface area contributed by atoms with Gasteiger partial charge in [-0.15, -0.1) is 0 Å². The van der Waals surface area contributed by atoms with Crippen molar-refractivity contribution in [2.24, 2.45) is 0 Å². The third kappa shape index (κ3) is 4.08. The number of aromatic nitrogens is 2. The van der Waals surface area contributed by atoms with E-state index in [0.29, 0.717) is 5.03 Å². The molecule has 0 aliphatic rings. The second-order valence-electron chi connectivity index (χ2n) is 3.45. The van der Waals surface area contributed by atoms with Crippen LogP contribution in [0.1, 0.15) is 13.8 Å². The zero-order valence-corrected chi connectivity index (χ0v) is 11.9. The SMILES string of the molecule is CCN(CC)CCSc1ncnc(Cl)c1[N+](=O)[O-]. The summed E-state index contributed by atoms with van der Waals surface area (Å²) in [6.07, 6.45) is 1.25. The first-order chi connectivity index (χ1) is 8.60. The Morgan fingerprint density at radius 3 is 2.67 bits per heavy atom. The van der Waals surface area contributed by atoms with E-state index in [1.807, 2.05) is 0 Å². The first-order valence-electron chi connectivity index (χ1n) is 5.60. The highest BCUT2D eigenvalue weighted by atomic mass is 35.5. The summed E-state index contributed by atoms with van der Waals surface area (Å²) in [6.45, 7) is 6.94. The summed E-state index contributed by atoms with van der Waals surface area (Å²) in [6, 6.07) is 0. The van der Waals surface area contributed by atoms with Crippen molar-refractivity contribution in [1.82, 2.24) is 14.9 Å². The largest absolute Gasteiger partial charge is 0.338 e. The van der Waals surface area contributed by atoms with Gasteiger partial charge in [0.15, 0.2) is 5.03 Å². The van der Waals surface area contributed by atoms with Crippen molar-refractivity contribution >= 4 is 29.1 Å². The quantitative estimate of drug-likeness (QED) is 0.332. The highest BCUT2D eigenvalue weighted by Crippen LogP contribution is 2.31. The number of halogens is 1. The number of rotatable bonds is 7. The molecule has 0 radical (unpaired) electrons. The van der Waals surface area contributed by atoms with E-state index in [0.717, 1.165) is 25.4 Å². The Kier molecular flexibility index (Phi) is 6.31. The van der Waals surface area contributed by atoms with Gasteiger partial charge in [-0.2, -0.15) is 0 Å². The summed E-state index contributed by atoms with van der Waals surface area (Å²) >= 11 is 7.03. The third-order valence-electron chi connectivity index (χ3n) is 2.47. The van der Waals surface area contributed by atoms with E-state index in [9.17, 15) is 10.1 Å². The van der Waals surface area contributed by atoms with Crippen LogP contribution in [0.2, 0.25) is 5.15 Å². The van der Waals surface area contributed by atoms with Gasteiger partial charge in [0.1, 0.15) is 6.33 Å². The average Bonchev–Trinajstić information content (AvgIpc) is 2.34. The molecule has 1 heterocycles. The predicted octanol–water partition coefficient (Wildman–Crippen LogP) is 2.47. The predicted molar refractivity (Wildman–Crippen MR) is 72.2 cm³/mol. The lowest BCUT2D eigenvalue weighted by molar-refractivity contribution is -0.388. The standard InChI is InChI=1S/C10H15ClN4O2S/c1-3-14(4-2)5-6-18-10-8(15(16)17)9(11)12-7-13-10/h7H,3-6H2,1-2H3. The maximum atomic E-state index is 10.9. The minimum Gasteiger partial charge on any atom is -0.303 e. The first kappa shape index (κ1) is 15.1. The fourth-order valence-corrected chi connectivity index (χ4v) is 2.64. The summed E-state index contributed by atoms with van der Waals surface area (Å²) in [4.78, 5) is 20.1. The molecule has 0 N–H and O–H groups in total. The lowest BCUT2D eigenvalue weighted by Gasteiger charge is -2.16. The van der Waals surface area contributed by atoms with Gasteiger partial charge in [0.05, 0.1) is 4.92 Å². The van der Waals surface area contributed by atoms with Crippen molar-refractivity contribution in [2.75, 3.05) is 25.4 Å². The molecule has 1 rings (SSSR count). The molecule has 0 saturated carbocycles. The number of hydrogen-bond donors (Lipinski definition) is 0. The summed E-state index contributed by atoms with van der Waals surface area (Å²) in [5.74, 6) is 0.732. The molecule has 0 unspecified atom stereocenters. The van der Waals surface area contributed by atoms with E-state index in [2.05, 4.69) is 28.7 Å². The minimum atomic E-state index is -0.540. The van der Waals surface area contributed by atoms with Crippen LogP contribution < -0.4 is 0 Å². The van der Waals surface area contributed by atoms with E-state index in [1.54, 1.807) is 0 Å². The van der Waals surface area contributed by atoms with Gasteiger partial charge in [-0.3, -0.25) is 10.1 Å².